The zero-order chi connectivity index (χ0) is 13.8. The van der Waals surface area contributed by atoms with Gasteiger partial charge in [0, 0.05) is 7.05 Å². The second kappa shape index (κ2) is 5.72. The molecular weight excluding hydrogens is 290 g/mol. The highest BCUT2D eigenvalue weighted by Crippen LogP contribution is 2.26. The van der Waals surface area contributed by atoms with Crippen molar-refractivity contribution in [2.45, 2.75) is 0 Å². The van der Waals surface area contributed by atoms with E-state index in [4.69, 9.17) is 11.6 Å². The lowest BCUT2D eigenvalue weighted by atomic mass is 10.4. The van der Waals surface area contributed by atoms with E-state index < -0.39 is 6.03 Å². The van der Waals surface area contributed by atoms with E-state index in [1.165, 1.54) is 13.2 Å². The van der Waals surface area contributed by atoms with E-state index in [1.54, 1.807) is 12.1 Å². The summed E-state index contributed by atoms with van der Waals surface area (Å²) in [6.07, 6.45) is 1.52. The van der Waals surface area contributed by atoms with Gasteiger partial charge in [-0.15, -0.1) is 0 Å². The normalized spacial score (nSPS) is 10.0. The number of H-pyrrole nitrogens is 1. The Balaban J connectivity index is 2.23. The number of nitrogens with one attached hydrogen (secondary N) is 4. The Morgan fingerprint density at radius 2 is 2.26 bits per heavy atom. The fourth-order valence-electron chi connectivity index (χ4n) is 1.26. The predicted molar refractivity (Wildman–Crippen MR) is 75.5 cm³/mol. The molecule has 2 aromatic rings. The van der Waals surface area contributed by atoms with E-state index in [0.29, 0.717) is 15.8 Å². The molecule has 4 N–H and O–H groups in total. The summed E-state index contributed by atoms with van der Waals surface area (Å²) >= 11 is 6.76. The molecule has 0 unspecified atom stereocenters. The maximum Gasteiger partial charge on any atom is 0.319 e. The average Bonchev–Trinajstić information content (AvgIpc) is 2.74. The molecule has 0 aliphatic carbocycles. The van der Waals surface area contributed by atoms with Gasteiger partial charge in [-0.1, -0.05) is 11.6 Å². The molecule has 100 valence electrons. The summed E-state index contributed by atoms with van der Waals surface area (Å²) in [5.41, 5.74) is 0.428. The van der Waals surface area contributed by atoms with E-state index >= 15 is 0 Å². The third kappa shape index (κ3) is 3.24. The van der Waals surface area contributed by atoms with Crippen LogP contribution in [0.2, 0.25) is 5.15 Å². The first-order chi connectivity index (χ1) is 9.10. The number of carbonyl (C=O) groups is 1. The van der Waals surface area contributed by atoms with Gasteiger partial charge in [-0.25, -0.2) is 9.78 Å². The van der Waals surface area contributed by atoms with Crippen molar-refractivity contribution >= 4 is 45.5 Å². The summed E-state index contributed by atoms with van der Waals surface area (Å²) in [4.78, 5) is 26.7. The number of hydrogen-bond donors (Lipinski definition) is 4. The van der Waals surface area contributed by atoms with Crippen LogP contribution in [0, 0.1) is 0 Å². The van der Waals surface area contributed by atoms with Crippen LogP contribution in [0.1, 0.15) is 0 Å². The summed E-state index contributed by atoms with van der Waals surface area (Å²) in [7, 11) is 1.46. The van der Waals surface area contributed by atoms with Crippen molar-refractivity contribution in [1.82, 2.24) is 14.7 Å². The van der Waals surface area contributed by atoms with E-state index in [-0.39, 0.29) is 11.2 Å². The average molecular weight is 300 g/mol. The topological polar surface area (TPSA) is 98.9 Å². The summed E-state index contributed by atoms with van der Waals surface area (Å²) in [6, 6.07) is 2.86. The molecule has 0 bridgehead atoms. The number of hydrogen-bond acceptors (Lipinski definition) is 5. The number of amides is 2. The number of anilines is 3. The van der Waals surface area contributed by atoms with Gasteiger partial charge >= 0.3 is 6.03 Å². The van der Waals surface area contributed by atoms with Crippen molar-refractivity contribution < 1.29 is 4.79 Å². The van der Waals surface area contributed by atoms with Crippen LogP contribution in [0.4, 0.5) is 21.2 Å². The first kappa shape index (κ1) is 13.4. The summed E-state index contributed by atoms with van der Waals surface area (Å²) in [5, 5.41) is 8.65. The number of rotatable bonds is 3. The standard InChI is InChI=1S/C10H10ClN5O2S/c1-12-10(18)15-7-8(17)16-19-9(7)14-5-2-3-6(11)13-4-5/h2-4,14H,1H3,(H,16,17)(H2,12,15,18). The summed E-state index contributed by atoms with van der Waals surface area (Å²) in [5.74, 6) is 0. The molecule has 0 aliphatic rings. The minimum Gasteiger partial charge on any atom is -0.343 e. The lowest BCUT2D eigenvalue weighted by molar-refractivity contribution is 0.254. The number of aromatic nitrogens is 2. The SMILES string of the molecule is CNC(=O)Nc1c(Nc2ccc(Cl)nc2)s[nH]c1=O. The maximum atomic E-state index is 11.6. The van der Waals surface area contributed by atoms with E-state index in [0.717, 1.165) is 11.5 Å². The Hall–Kier alpha value is -2.06. The molecule has 0 aliphatic heterocycles. The Bertz CT molecular complexity index is 636. The number of pyridine rings is 1. The Labute approximate surface area is 117 Å². The number of urea groups is 1. The van der Waals surface area contributed by atoms with E-state index in [9.17, 15) is 9.59 Å². The van der Waals surface area contributed by atoms with Crippen LogP contribution in [0.25, 0.3) is 0 Å². The van der Waals surface area contributed by atoms with Crippen LogP contribution in [0.15, 0.2) is 23.1 Å². The summed E-state index contributed by atoms with van der Waals surface area (Å²) in [6.45, 7) is 0. The molecule has 0 spiro atoms. The number of nitrogens with zero attached hydrogens (tertiary/aromatic N) is 1. The minimum atomic E-state index is -0.471. The first-order valence-electron chi connectivity index (χ1n) is 5.19. The van der Waals surface area contributed by atoms with E-state index in [1.807, 2.05) is 0 Å². The molecule has 7 nitrogen and oxygen atoms in total. The molecule has 0 saturated heterocycles. The second-order valence-corrected chi connectivity index (χ2v) is 4.64. The van der Waals surface area contributed by atoms with Crippen LogP contribution in [-0.2, 0) is 0 Å². The number of halogens is 1. The van der Waals surface area contributed by atoms with Crippen molar-refractivity contribution in [2.24, 2.45) is 0 Å². The quantitative estimate of drug-likeness (QED) is 0.651. The predicted octanol–water partition coefficient (Wildman–Crippen LogP) is 1.98. The van der Waals surface area contributed by atoms with Crippen LogP contribution in [0.3, 0.4) is 0 Å². The van der Waals surface area contributed by atoms with Gasteiger partial charge in [-0.05, 0) is 23.7 Å². The second-order valence-electron chi connectivity index (χ2n) is 3.44. The molecule has 0 aromatic carbocycles. The smallest absolute Gasteiger partial charge is 0.319 e. The summed E-state index contributed by atoms with van der Waals surface area (Å²) < 4.78 is 2.53. The highest BCUT2D eigenvalue weighted by molar-refractivity contribution is 7.11. The molecule has 0 saturated carbocycles. The first-order valence-corrected chi connectivity index (χ1v) is 6.38. The van der Waals surface area contributed by atoms with Crippen LogP contribution >= 0.6 is 23.1 Å². The van der Waals surface area contributed by atoms with Gasteiger partial charge in [0.2, 0.25) is 0 Å². The minimum absolute atomic E-state index is 0.152. The van der Waals surface area contributed by atoms with Crippen molar-refractivity contribution in [3.05, 3.63) is 33.8 Å². The van der Waals surface area contributed by atoms with Crippen LogP contribution in [-0.4, -0.2) is 22.4 Å². The van der Waals surface area contributed by atoms with Gasteiger partial charge in [-0.2, -0.15) is 0 Å². The fraction of sp³-hybridized carbons (Fsp3) is 0.100. The van der Waals surface area contributed by atoms with Crippen LogP contribution in [0.5, 0.6) is 0 Å². The Morgan fingerprint density at radius 3 is 2.89 bits per heavy atom. The molecule has 19 heavy (non-hydrogen) atoms. The zero-order valence-electron chi connectivity index (χ0n) is 9.78. The monoisotopic (exact) mass is 299 g/mol. The molecule has 0 atom stereocenters. The molecule has 9 heteroatoms. The van der Waals surface area contributed by atoms with Gasteiger partial charge in [0.1, 0.15) is 15.8 Å². The third-order valence-corrected chi connectivity index (χ3v) is 3.17. The number of aromatic amines is 1. The zero-order valence-corrected chi connectivity index (χ0v) is 11.4. The highest BCUT2D eigenvalue weighted by Gasteiger charge is 2.13. The van der Waals surface area contributed by atoms with Gasteiger partial charge in [0.05, 0.1) is 11.9 Å². The maximum absolute atomic E-state index is 11.6. The van der Waals surface area contributed by atoms with Gasteiger partial charge in [0.25, 0.3) is 5.56 Å². The molecule has 0 fully saturated rings. The Morgan fingerprint density at radius 1 is 1.47 bits per heavy atom. The van der Waals surface area contributed by atoms with Crippen molar-refractivity contribution in [3.63, 3.8) is 0 Å². The molecule has 2 aromatic heterocycles. The van der Waals surface area contributed by atoms with Crippen LogP contribution < -0.4 is 21.5 Å². The number of carbonyl (C=O) groups excluding carboxylic acids is 1. The largest absolute Gasteiger partial charge is 0.343 e. The van der Waals surface area contributed by atoms with Crippen molar-refractivity contribution in [2.75, 3.05) is 17.7 Å². The molecule has 2 heterocycles. The highest BCUT2D eigenvalue weighted by atomic mass is 35.5. The van der Waals surface area contributed by atoms with Crippen molar-refractivity contribution in [3.8, 4) is 0 Å². The van der Waals surface area contributed by atoms with Crippen molar-refractivity contribution in [1.29, 1.82) is 0 Å². The van der Waals surface area contributed by atoms with Gasteiger partial charge in [0.15, 0.2) is 0 Å². The molecule has 2 rings (SSSR count). The van der Waals surface area contributed by atoms with E-state index in [2.05, 4.69) is 25.3 Å². The molecular formula is C10H10ClN5O2S. The molecule has 2 amide bonds. The lowest BCUT2D eigenvalue weighted by Crippen LogP contribution is -2.27. The van der Waals surface area contributed by atoms with Gasteiger partial charge in [-0.3, -0.25) is 9.17 Å². The Kier molecular flexibility index (Phi) is 4.03. The fourth-order valence-corrected chi connectivity index (χ4v) is 2.08. The third-order valence-electron chi connectivity index (χ3n) is 2.15. The van der Waals surface area contributed by atoms with Gasteiger partial charge < -0.3 is 16.0 Å². The lowest BCUT2D eigenvalue weighted by Gasteiger charge is -2.06. The molecule has 0 radical (unpaired) electrons.